The van der Waals surface area contributed by atoms with Crippen LogP contribution >= 0.6 is 11.8 Å². The van der Waals surface area contributed by atoms with Crippen molar-refractivity contribution in [3.05, 3.63) is 29.3 Å². The molecule has 0 aliphatic carbocycles. The number of halogens is 3. The van der Waals surface area contributed by atoms with Gasteiger partial charge in [-0.15, -0.1) is 11.8 Å². The molecule has 1 aromatic carbocycles. The molecule has 0 atom stereocenters. The molecule has 1 aliphatic heterocycles. The normalized spacial score (nSPS) is 16.4. The zero-order valence-corrected chi connectivity index (χ0v) is 9.85. The van der Waals surface area contributed by atoms with Crippen LogP contribution in [-0.2, 0) is 10.9 Å². The standard InChI is InChI=1S/C11H9F3O3S/c12-11(13,14)9-3-6(18-7-4-17-5-7)1-2-8(9)10(15)16/h1-3,7H,4-5H2,(H,15,16). The summed E-state index contributed by atoms with van der Waals surface area (Å²) in [6.07, 6.45) is -4.67. The Labute approximate surface area is 105 Å². The van der Waals surface area contributed by atoms with E-state index < -0.39 is 23.3 Å². The van der Waals surface area contributed by atoms with Crippen molar-refractivity contribution in [1.29, 1.82) is 0 Å². The summed E-state index contributed by atoms with van der Waals surface area (Å²) in [6.45, 7) is 1.01. The van der Waals surface area contributed by atoms with Gasteiger partial charge in [0.1, 0.15) is 0 Å². The third kappa shape index (κ3) is 2.78. The lowest BCUT2D eigenvalue weighted by Gasteiger charge is -2.25. The molecule has 1 fully saturated rings. The smallest absolute Gasteiger partial charge is 0.417 e. The van der Waals surface area contributed by atoms with Crippen LogP contribution in [-0.4, -0.2) is 29.5 Å². The Morgan fingerprint density at radius 2 is 2.06 bits per heavy atom. The van der Waals surface area contributed by atoms with E-state index in [2.05, 4.69) is 0 Å². The Morgan fingerprint density at radius 3 is 2.50 bits per heavy atom. The number of aromatic carboxylic acids is 1. The van der Waals surface area contributed by atoms with Gasteiger partial charge in [-0.2, -0.15) is 13.2 Å². The van der Waals surface area contributed by atoms with Crippen LogP contribution in [0.4, 0.5) is 13.2 Å². The lowest BCUT2D eigenvalue weighted by molar-refractivity contribution is -0.138. The predicted molar refractivity (Wildman–Crippen MR) is 58.9 cm³/mol. The number of thioether (sulfide) groups is 1. The quantitative estimate of drug-likeness (QED) is 0.923. The molecule has 0 aromatic heterocycles. The number of carbonyl (C=O) groups is 1. The van der Waals surface area contributed by atoms with Gasteiger partial charge in [-0.3, -0.25) is 0 Å². The number of hydrogen-bond donors (Lipinski definition) is 1. The SMILES string of the molecule is O=C(O)c1ccc(SC2COC2)cc1C(F)(F)F. The number of hydrogen-bond acceptors (Lipinski definition) is 3. The van der Waals surface area contributed by atoms with Crippen molar-refractivity contribution < 1.29 is 27.8 Å². The van der Waals surface area contributed by atoms with Crippen LogP contribution in [0.2, 0.25) is 0 Å². The lowest BCUT2D eigenvalue weighted by Crippen LogP contribution is -2.30. The van der Waals surface area contributed by atoms with Gasteiger partial charge in [0.05, 0.1) is 29.6 Å². The second-order valence-electron chi connectivity index (χ2n) is 3.79. The average Bonchev–Trinajstić information content (AvgIpc) is 2.22. The number of carboxylic acid groups (broad SMARTS) is 1. The maximum atomic E-state index is 12.7. The van der Waals surface area contributed by atoms with Gasteiger partial charge >= 0.3 is 12.1 Å². The van der Waals surface area contributed by atoms with Gasteiger partial charge in [0.15, 0.2) is 0 Å². The number of ether oxygens (including phenoxy) is 1. The summed E-state index contributed by atoms with van der Waals surface area (Å²) in [5.74, 6) is -1.58. The van der Waals surface area contributed by atoms with E-state index in [0.717, 1.165) is 12.1 Å². The van der Waals surface area contributed by atoms with E-state index in [9.17, 15) is 18.0 Å². The Morgan fingerprint density at radius 1 is 1.39 bits per heavy atom. The zero-order valence-electron chi connectivity index (χ0n) is 9.03. The van der Waals surface area contributed by atoms with E-state index in [1.807, 2.05) is 0 Å². The minimum atomic E-state index is -4.67. The molecular formula is C11H9F3O3S. The average molecular weight is 278 g/mol. The number of benzene rings is 1. The van der Waals surface area contributed by atoms with E-state index in [1.54, 1.807) is 0 Å². The molecule has 0 unspecified atom stereocenters. The molecule has 0 radical (unpaired) electrons. The molecule has 18 heavy (non-hydrogen) atoms. The molecule has 1 aliphatic rings. The van der Waals surface area contributed by atoms with E-state index >= 15 is 0 Å². The number of rotatable bonds is 3. The van der Waals surface area contributed by atoms with Crippen molar-refractivity contribution in [3.8, 4) is 0 Å². The van der Waals surface area contributed by atoms with Crippen LogP contribution in [0.5, 0.6) is 0 Å². The molecule has 1 N–H and O–H groups in total. The van der Waals surface area contributed by atoms with Gasteiger partial charge in [0.2, 0.25) is 0 Å². The Hall–Kier alpha value is -1.21. The summed E-state index contributed by atoms with van der Waals surface area (Å²) >= 11 is 1.26. The molecule has 3 nitrogen and oxygen atoms in total. The minimum Gasteiger partial charge on any atom is -0.478 e. The van der Waals surface area contributed by atoms with E-state index in [1.165, 1.54) is 17.8 Å². The van der Waals surface area contributed by atoms with E-state index in [0.29, 0.717) is 18.1 Å². The van der Waals surface area contributed by atoms with E-state index in [4.69, 9.17) is 9.84 Å². The van der Waals surface area contributed by atoms with Gasteiger partial charge in [-0.1, -0.05) is 0 Å². The summed E-state index contributed by atoms with van der Waals surface area (Å²) in [5, 5.41) is 8.87. The first-order valence-electron chi connectivity index (χ1n) is 5.07. The fourth-order valence-corrected chi connectivity index (χ4v) is 2.54. The molecule has 0 spiro atoms. The van der Waals surface area contributed by atoms with Crippen molar-refractivity contribution in [3.63, 3.8) is 0 Å². The van der Waals surface area contributed by atoms with Crippen LogP contribution in [0.1, 0.15) is 15.9 Å². The van der Waals surface area contributed by atoms with Gasteiger partial charge < -0.3 is 9.84 Å². The zero-order chi connectivity index (χ0) is 13.3. The third-order valence-electron chi connectivity index (χ3n) is 2.44. The van der Waals surface area contributed by atoms with Gasteiger partial charge in [-0.25, -0.2) is 4.79 Å². The summed E-state index contributed by atoms with van der Waals surface area (Å²) in [5.41, 5.74) is -1.84. The predicted octanol–water partition coefficient (Wildman–Crippen LogP) is 2.89. The summed E-state index contributed by atoms with van der Waals surface area (Å²) < 4.78 is 43.1. The molecule has 1 aromatic rings. The third-order valence-corrected chi connectivity index (χ3v) is 3.57. The highest BCUT2D eigenvalue weighted by Gasteiger charge is 2.36. The molecule has 1 heterocycles. The molecule has 98 valence electrons. The fraction of sp³-hybridized carbons (Fsp3) is 0.364. The Bertz CT molecular complexity index is 469. The first-order chi connectivity index (χ1) is 8.38. The maximum Gasteiger partial charge on any atom is 0.417 e. The van der Waals surface area contributed by atoms with Crippen LogP contribution in [0, 0.1) is 0 Å². The highest BCUT2D eigenvalue weighted by atomic mass is 32.2. The monoisotopic (exact) mass is 278 g/mol. The van der Waals surface area contributed by atoms with Gasteiger partial charge in [-0.05, 0) is 18.2 Å². The molecule has 0 saturated carbocycles. The minimum absolute atomic E-state index is 0.141. The molecule has 1 saturated heterocycles. The summed E-state index contributed by atoms with van der Waals surface area (Å²) in [6, 6.07) is 3.27. The Kier molecular flexibility index (Phi) is 3.54. The molecular weight excluding hydrogens is 269 g/mol. The van der Waals surface area contributed by atoms with Crippen molar-refractivity contribution in [2.24, 2.45) is 0 Å². The van der Waals surface area contributed by atoms with Crippen molar-refractivity contribution in [2.75, 3.05) is 13.2 Å². The highest BCUT2D eigenvalue weighted by Crippen LogP contribution is 2.36. The first-order valence-corrected chi connectivity index (χ1v) is 5.95. The second-order valence-corrected chi connectivity index (χ2v) is 5.16. The maximum absolute atomic E-state index is 12.7. The van der Waals surface area contributed by atoms with Crippen LogP contribution in [0.15, 0.2) is 23.1 Å². The second kappa shape index (κ2) is 4.81. The van der Waals surface area contributed by atoms with Crippen LogP contribution < -0.4 is 0 Å². The molecule has 7 heteroatoms. The summed E-state index contributed by atoms with van der Waals surface area (Å²) in [7, 11) is 0. The molecule has 2 rings (SSSR count). The van der Waals surface area contributed by atoms with Crippen molar-refractivity contribution >= 4 is 17.7 Å². The molecule has 0 bridgehead atoms. The number of alkyl halides is 3. The Balaban J connectivity index is 2.32. The topological polar surface area (TPSA) is 46.5 Å². The van der Waals surface area contributed by atoms with Gasteiger partial charge in [0.25, 0.3) is 0 Å². The van der Waals surface area contributed by atoms with E-state index in [-0.39, 0.29) is 5.25 Å². The lowest BCUT2D eigenvalue weighted by atomic mass is 10.1. The van der Waals surface area contributed by atoms with Crippen LogP contribution in [0.3, 0.4) is 0 Å². The van der Waals surface area contributed by atoms with Gasteiger partial charge in [0, 0.05) is 4.90 Å². The number of carboxylic acids is 1. The van der Waals surface area contributed by atoms with Crippen molar-refractivity contribution in [1.82, 2.24) is 0 Å². The molecule has 0 amide bonds. The summed E-state index contributed by atoms with van der Waals surface area (Å²) in [4.78, 5) is 11.1. The van der Waals surface area contributed by atoms with Crippen molar-refractivity contribution in [2.45, 2.75) is 16.3 Å². The van der Waals surface area contributed by atoms with Crippen LogP contribution in [0.25, 0.3) is 0 Å². The highest BCUT2D eigenvalue weighted by molar-refractivity contribution is 8.00. The largest absolute Gasteiger partial charge is 0.478 e. The fourth-order valence-electron chi connectivity index (χ4n) is 1.49. The first kappa shape index (κ1) is 13.2.